The third-order valence-electron chi connectivity index (χ3n) is 2.93. The SMILES string of the molecule is CN(c1ccc(C(=N)N)cc1)c1cccc(C(F)(F)F)n1. The molecule has 0 aliphatic carbocycles. The zero-order chi connectivity index (χ0) is 15.6. The summed E-state index contributed by atoms with van der Waals surface area (Å²) in [5.74, 6) is 0.113. The molecule has 1 aromatic carbocycles. The van der Waals surface area contributed by atoms with Crippen molar-refractivity contribution in [2.45, 2.75) is 6.18 Å². The summed E-state index contributed by atoms with van der Waals surface area (Å²) in [6.07, 6.45) is -4.48. The number of alkyl halides is 3. The summed E-state index contributed by atoms with van der Waals surface area (Å²) < 4.78 is 38.0. The van der Waals surface area contributed by atoms with Gasteiger partial charge < -0.3 is 10.6 Å². The van der Waals surface area contributed by atoms with Gasteiger partial charge in [0.25, 0.3) is 0 Å². The van der Waals surface area contributed by atoms with Crippen LogP contribution in [-0.4, -0.2) is 17.9 Å². The molecule has 110 valence electrons. The van der Waals surface area contributed by atoms with Crippen molar-refractivity contribution in [1.29, 1.82) is 5.41 Å². The maximum absolute atomic E-state index is 12.7. The molecule has 1 heterocycles. The molecule has 3 N–H and O–H groups in total. The van der Waals surface area contributed by atoms with Crippen LogP contribution in [0.25, 0.3) is 0 Å². The summed E-state index contributed by atoms with van der Waals surface area (Å²) in [6, 6.07) is 10.3. The van der Waals surface area contributed by atoms with Gasteiger partial charge >= 0.3 is 6.18 Å². The Balaban J connectivity index is 2.31. The van der Waals surface area contributed by atoms with Crippen LogP contribution in [0.3, 0.4) is 0 Å². The summed E-state index contributed by atoms with van der Waals surface area (Å²) in [5, 5.41) is 7.30. The molecular formula is C14H13F3N4. The first kappa shape index (κ1) is 14.8. The minimum atomic E-state index is -4.48. The van der Waals surface area contributed by atoms with Crippen LogP contribution < -0.4 is 10.6 Å². The van der Waals surface area contributed by atoms with Gasteiger partial charge in [0, 0.05) is 18.3 Å². The Labute approximate surface area is 119 Å². The van der Waals surface area contributed by atoms with Crippen molar-refractivity contribution in [3.63, 3.8) is 0 Å². The molecule has 21 heavy (non-hydrogen) atoms. The summed E-state index contributed by atoms with van der Waals surface area (Å²) in [4.78, 5) is 5.14. The molecule has 0 aliphatic rings. The Kier molecular flexibility index (Phi) is 3.84. The highest BCUT2D eigenvalue weighted by Crippen LogP contribution is 2.30. The lowest BCUT2D eigenvalue weighted by Crippen LogP contribution is -2.15. The number of aromatic nitrogens is 1. The van der Waals surface area contributed by atoms with E-state index in [1.165, 1.54) is 17.0 Å². The average molecular weight is 294 g/mol. The minimum Gasteiger partial charge on any atom is -0.384 e. The normalized spacial score (nSPS) is 11.2. The molecule has 0 fully saturated rings. The number of nitrogen functional groups attached to an aromatic ring is 1. The number of nitrogens with two attached hydrogens (primary N) is 1. The van der Waals surface area contributed by atoms with Crippen LogP contribution in [0, 0.1) is 5.41 Å². The van der Waals surface area contributed by atoms with Gasteiger partial charge in [-0.1, -0.05) is 6.07 Å². The monoisotopic (exact) mass is 294 g/mol. The predicted octanol–water partition coefficient (Wildman–Crippen LogP) is 3.15. The summed E-state index contributed by atoms with van der Waals surface area (Å²) in [7, 11) is 1.62. The van der Waals surface area contributed by atoms with E-state index in [1.807, 2.05) is 0 Å². The molecule has 0 radical (unpaired) electrons. The fraction of sp³-hybridized carbons (Fsp3) is 0.143. The lowest BCUT2D eigenvalue weighted by molar-refractivity contribution is -0.141. The van der Waals surface area contributed by atoms with E-state index >= 15 is 0 Å². The largest absolute Gasteiger partial charge is 0.433 e. The standard InChI is InChI=1S/C14H13F3N4/c1-21(10-7-5-9(6-8-10)13(18)19)12-4-2-3-11(20-12)14(15,16)17/h2-8H,1H3,(H3,18,19). The van der Waals surface area contributed by atoms with E-state index < -0.39 is 11.9 Å². The number of hydrogen-bond donors (Lipinski definition) is 2. The Morgan fingerprint density at radius 1 is 1.14 bits per heavy atom. The molecule has 0 aliphatic heterocycles. The zero-order valence-corrected chi connectivity index (χ0v) is 11.1. The zero-order valence-electron chi connectivity index (χ0n) is 11.1. The molecule has 0 amide bonds. The van der Waals surface area contributed by atoms with Gasteiger partial charge in [0.05, 0.1) is 0 Å². The molecule has 0 bridgehead atoms. The molecule has 2 rings (SSSR count). The third kappa shape index (κ3) is 3.31. The quantitative estimate of drug-likeness (QED) is 0.675. The summed E-state index contributed by atoms with van der Waals surface area (Å²) >= 11 is 0. The van der Waals surface area contributed by atoms with Crippen molar-refractivity contribution in [3.8, 4) is 0 Å². The number of nitrogens with zero attached hydrogens (tertiary/aromatic N) is 2. The van der Waals surface area contributed by atoms with Crippen LogP contribution in [0.5, 0.6) is 0 Å². The highest BCUT2D eigenvalue weighted by atomic mass is 19.4. The molecule has 0 unspecified atom stereocenters. The molecule has 4 nitrogen and oxygen atoms in total. The van der Waals surface area contributed by atoms with E-state index in [-0.39, 0.29) is 11.7 Å². The minimum absolute atomic E-state index is 0.0682. The van der Waals surface area contributed by atoms with Crippen LogP contribution in [0.1, 0.15) is 11.3 Å². The summed E-state index contributed by atoms with van der Waals surface area (Å²) in [5.41, 5.74) is 5.60. The predicted molar refractivity (Wildman–Crippen MR) is 74.8 cm³/mol. The van der Waals surface area contributed by atoms with E-state index in [1.54, 1.807) is 31.3 Å². The highest BCUT2D eigenvalue weighted by molar-refractivity contribution is 5.95. The third-order valence-corrected chi connectivity index (χ3v) is 2.93. The lowest BCUT2D eigenvalue weighted by atomic mass is 10.2. The topological polar surface area (TPSA) is 66.0 Å². The average Bonchev–Trinajstić information content (AvgIpc) is 2.46. The Hall–Kier alpha value is -2.57. The molecule has 7 heteroatoms. The van der Waals surface area contributed by atoms with Crippen molar-refractivity contribution in [3.05, 3.63) is 53.7 Å². The second-order valence-electron chi connectivity index (χ2n) is 4.40. The van der Waals surface area contributed by atoms with E-state index in [0.29, 0.717) is 11.3 Å². The number of amidine groups is 1. The Morgan fingerprint density at radius 2 is 1.76 bits per heavy atom. The van der Waals surface area contributed by atoms with Crippen LogP contribution in [0.15, 0.2) is 42.5 Å². The van der Waals surface area contributed by atoms with Crippen LogP contribution >= 0.6 is 0 Å². The van der Waals surface area contributed by atoms with E-state index in [9.17, 15) is 13.2 Å². The molecule has 0 saturated heterocycles. The van der Waals surface area contributed by atoms with Gasteiger partial charge in [-0.25, -0.2) is 4.98 Å². The van der Waals surface area contributed by atoms with E-state index in [2.05, 4.69) is 4.98 Å². The van der Waals surface area contributed by atoms with Gasteiger partial charge in [0.15, 0.2) is 0 Å². The van der Waals surface area contributed by atoms with Gasteiger partial charge in [0.2, 0.25) is 0 Å². The first-order valence-electron chi connectivity index (χ1n) is 6.01. The molecule has 0 saturated carbocycles. The second kappa shape index (κ2) is 5.43. The van der Waals surface area contributed by atoms with E-state index in [4.69, 9.17) is 11.1 Å². The number of rotatable bonds is 3. The summed E-state index contributed by atoms with van der Waals surface area (Å²) in [6.45, 7) is 0. The maximum atomic E-state index is 12.7. The van der Waals surface area contributed by atoms with E-state index in [0.717, 1.165) is 6.07 Å². The first-order chi connectivity index (χ1) is 9.79. The fourth-order valence-electron chi connectivity index (χ4n) is 1.76. The van der Waals surface area contributed by atoms with Gasteiger partial charge in [-0.05, 0) is 36.4 Å². The van der Waals surface area contributed by atoms with Crippen LogP contribution in [0.4, 0.5) is 24.7 Å². The second-order valence-corrected chi connectivity index (χ2v) is 4.40. The number of pyridine rings is 1. The fourth-order valence-corrected chi connectivity index (χ4v) is 1.76. The molecule has 2 aromatic rings. The highest BCUT2D eigenvalue weighted by Gasteiger charge is 2.32. The molecule has 0 spiro atoms. The number of anilines is 2. The van der Waals surface area contributed by atoms with Crippen molar-refractivity contribution < 1.29 is 13.2 Å². The number of halogens is 3. The van der Waals surface area contributed by atoms with Crippen LogP contribution in [-0.2, 0) is 6.18 Å². The number of benzene rings is 1. The van der Waals surface area contributed by atoms with Crippen LogP contribution in [0.2, 0.25) is 0 Å². The van der Waals surface area contributed by atoms with Gasteiger partial charge in [-0.3, -0.25) is 5.41 Å². The lowest BCUT2D eigenvalue weighted by Gasteiger charge is -2.19. The number of nitrogens with one attached hydrogen (secondary N) is 1. The maximum Gasteiger partial charge on any atom is 0.433 e. The van der Waals surface area contributed by atoms with Gasteiger partial charge in [0.1, 0.15) is 17.3 Å². The van der Waals surface area contributed by atoms with Gasteiger partial charge in [-0.15, -0.1) is 0 Å². The Morgan fingerprint density at radius 3 is 2.29 bits per heavy atom. The molecular weight excluding hydrogens is 281 g/mol. The van der Waals surface area contributed by atoms with Crippen molar-refractivity contribution in [2.75, 3.05) is 11.9 Å². The molecule has 0 atom stereocenters. The smallest absolute Gasteiger partial charge is 0.384 e. The van der Waals surface area contributed by atoms with Crippen molar-refractivity contribution in [1.82, 2.24) is 4.98 Å². The van der Waals surface area contributed by atoms with Crippen molar-refractivity contribution >= 4 is 17.3 Å². The first-order valence-corrected chi connectivity index (χ1v) is 6.01. The van der Waals surface area contributed by atoms with Crippen molar-refractivity contribution in [2.24, 2.45) is 5.73 Å². The molecule has 1 aromatic heterocycles. The number of hydrogen-bond acceptors (Lipinski definition) is 3. The Bertz CT molecular complexity index is 650. The van der Waals surface area contributed by atoms with Gasteiger partial charge in [-0.2, -0.15) is 13.2 Å².